The van der Waals surface area contributed by atoms with Crippen molar-refractivity contribution in [3.8, 4) is 0 Å². The van der Waals surface area contributed by atoms with E-state index in [1.54, 1.807) is 0 Å². The molecule has 0 aromatic rings. The Morgan fingerprint density at radius 1 is 0.632 bits per heavy atom. The Morgan fingerprint density at radius 2 is 1.05 bits per heavy atom. The normalized spacial score (nSPS) is 12.0. The molecule has 0 heterocycles. The molecule has 19 heavy (non-hydrogen) atoms. The first kappa shape index (κ1) is 19.2. The third-order valence-corrected chi connectivity index (χ3v) is 7.68. The van der Waals surface area contributed by atoms with Gasteiger partial charge < -0.3 is 5.73 Å². The first-order chi connectivity index (χ1) is 9.12. The molecular weight excluding hydrogens is 246 g/mol. The zero-order valence-electron chi connectivity index (χ0n) is 14.0. The standard InChI is InChI=1S/C17H39NSi/c1-4-5-6-7-8-9-10-11-12-13-16-19(2,3)17-14-15-18/h4-18H2,1-3H3. The average Bonchev–Trinajstić information content (AvgIpc) is 2.38. The van der Waals surface area contributed by atoms with Gasteiger partial charge in [-0.2, -0.15) is 0 Å². The second-order valence-corrected chi connectivity index (χ2v) is 12.3. The molecule has 0 saturated carbocycles. The summed E-state index contributed by atoms with van der Waals surface area (Å²) in [5.74, 6) is 0. The van der Waals surface area contributed by atoms with E-state index in [9.17, 15) is 0 Å². The van der Waals surface area contributed by atoms with Crippen molar-refractivity contribution in [1.29, 1.82) is 0 Å². The van der Waals surface area contributed by atoms with Gasteiger partial charge >= 0.3 is 0 Å². The molecule has 0 atom stereocenters. The van der Waals surface area contributed by atoms with Crippen LogP contribution >= 0.6 is 0 Å². The van der Waals surface area contributed by atoms with Crippen LogP contribution in [0.15, 0.2) is 0 Å². The summed E-state index contributed by atoms with van der Waals surface area (Å²) < 4.78 is 0. The van der Waals surface area contributed by atoms with Crippen molar-refractivity contribution in [1.82, 2.24) is 0 Å². The van der Waals surface area contributed by atoms with Crippen LogP contribution in [-0.4, -0.2) is 14.6 Å². The Hall–Kier alpha value is 0.177. The Labute approximate surface area is 123 Å². The van der Waals surface area contributed by atoms with E-state index in [0.717, 1.165) is 6.54 Å². The Kier molecular flexibility index (Phi) is 13.3. The van der Waals surface area contributed by atoms with Crippen LogP contribution in [0, 0.1) is 0 Å². The Balaban J connectivity index is 3.21. The summed E-state index contributed by atoms with van der Waals surface area (Å²) >= 11 is 0. The molecule has 0 bridgehead atoms. The predicted molar refractivity (Wildman–Crippen MR) is 92.6 cm³/mol. The monoisotopic (exact) mass is 285 g/mol. The van der Waals surface area contributed by atoms with E-state index in [4.69, 9.17) is 5.73 Å². The fourth-order valence-electron chi connectivity index (χ4n) is 2.80. The molecule has 0 aliphatic heterocycles. The third-order valence-electron chi connectivity index (χ3n) is 4.26. The molecule has 2 N–H and O–H groups in total. The van der Waals surface area contributed by atoms with E-state index in [2.05, 4.69) is 20.0 Å². The highest BCUT2D eigenvalue weighted by molar-refractivity contribution is 6.77. The minimum Gasteiger partial charge on any atom is -0.330 e. The molecule has 0 unspecified atom stereocenters. The van der Waals surface area contributed by atoms with Gasteiger partial charge in [0.05, 0.1) is 0 Å². The predicted octanol–water partition coefficient (Wildman–Crippen LogP) is 5.96. The Bertz CT molecular complexity index is 180. The molecule has 116 valence electrons. The van der Waals surface area contributed by atoms with Crippen molar-refractivity contribution in [3.05, 3.63) is 0 Å². The summed E-state index contributed by atoms with van der Waals surface area (Å²) in [6.45, 7) is 8.25. The number of hydrogen-bond donors (Lipinski definition) is 1. The van der Waals surface area contributed by atoms with Gasteiger partial charge in [0, 0.05) is 8.07 Å². The molecule has 1 nitrogen and oxygen atoms in total. The molecule has 0 rings (SSSR count). The van der Waals surface area contributed by atoms with Gasteiger partial charge in [0.2, 0.25) is 0 Å². The summed E-state index contributed by atoms with van der Waals surface area (Å²) in [5, 5.41) is 0. The number of unbranched alkanes of at least 4 members (excludes halogenated alkanes) is 9. The second kappa shape index (κ2) is 13.2. The maximum atomic E-state index is 5.61. The van der Waals surface area contributed by atoms with Gasteiger partial charge in [-0.15, -0.1) is 0 Å². The van der Waals surface area contributed by atoms with Gasteiger partial charge in [0.25, 0.3) is 0 Å². The number of hydrogen-bond acceptors (Lipinski definition) is 1. The molecule has 0 radical (unpaired) electrons. The van der Waals surface area contributed by atoms with Crippen molar-refractivity contribution < 1.29 is 0 Å². The second-order valence-electron chi connectivity index (χ2n) is 6.99. The van der Waals surface area contributed by atoms with Crippen molar-refractivity contribution in [2.75, 3.05) is 6.54 Å². The lowest BCUT2D eigenvalue weighted by Gasteiger charge is -2.21. The highest BCUT2D eigenvalue weighted by atomic mass is 28.3. The molecule has 0 aliphatic carbocycles. The van der Waals surface area contributed by atoms with Gasteiger partial charge in [0.1, 0.15) is 0 Å². The summed E-state index contributed by atoms with van der Waals surface area (Å²) in [7, 11) is -0.895. The first-order valence-corrected chi connectivity index (χ1v) is 12.2. The van der Waals surface area contributed by atoms with E-state index in [0.29, 0.717) is 0 Å². The summed E-state index contributed by atoms with van der Waals surface area (Å²) in [6, 6.07) is 2.95. The van der Waals surface area contributed by atoms with Crippen LogP contribution in [0.3, 0.4) is 0 Å². The zero-order valence-corrected chi connectivity index (χ0v) is 15.0. The average molecular weight is 286 g/mol. The van der Waals surface area contributed by atoms with Crippen molar-refractivity contribution in [2.45, 2.75) is 103 Å². The summed E-state index contributed by atoms with van der Waals surface area (Å²) in [4.78, 5) is 0. The van der Waals surface area contributed by atoms with E-state index < -0.39 is 8.07 Å². The van der Waals surface area contributed by atoms with Gasteiger partial charge in [-0.05, 0) is 13.0 Å². The zero-order chi connectivity index (χ0) is 14.4. The van der Waals surface area contributed by atoms with Crippen LogP contribution in [0.1, 0.15) is 77.6 Å². The Morgan fingerprint density at radius 3 is 1.53 bits per heavy atom. The lowest BCUT2D eigenvalue weighted by molar-refractivity contribution is 0.561. The molecular formula is C17H39NSi. The van der Waals surface area contributed by atoms with Crippen LogP contribution in [0.4, 0.5) is 0 Å². The van der Waals surface area contributed by atoms with E-state index in [1.807, 2.05) is 0 Å². The highest BCUT2D eigenvalue weighted by Crippen LogP contribution is 2.21. The highest BCUT2D eigenvalue weighted by Gasteiger charge is 2.18. The van der Waals surface area contributed by atoms with Gasteiger partial charge in [0.15, 0.2) is 0 Å². The number of rotatable bonds is 14. The van der Waals surface area contributed by atoms with E-state index in [1.165, 1.54) is 82.7 Å². The van der Waals surface area contributed by atoms with E-state index in [-0.39, 0.29) is 0 Å². The van der Waals surface area contributed by atoms with Gasteiger partial charge in [-0.3, -0.25) is 0 Å². The molecule has 0 aliphatic rings. The minimum absolute atomic E-state index is 0.883. The molecule has 2 heteroatoms. The third kappa shape index (κ3) is 14.4. The molecule has 0 amide bonds. The SMILES string of the molecule is CCCCCCCCCCCC[Si](C)(C)CCCN. The van der Waals surface area contributed by atoms with Crippen LogP contribution in [0.2, 0.25) is 25.2 Å². The minimum atomic E-state index is -0.895. The van der Waals surface area contributed by atoms with Crippen LogP contribution in [-0.2, 0) is 0 Å². The van der Waals surface area contributed by atoms with Gasteiger partial charge in [-0.25, -0.2) is 0 Å². The number of nitrogens with two attached hydrogens (primary N) is 1. The maximum Gasteiger partial charge on any atom is 0.0474 e. The van der Waals surface area contributed by atoms with Crippen molar-refractivity contribution in [2.24, 2.45) is 5.73 Å². The molecule has 0 aromatic heterocycles. The molecule has 0 spiro atoms. The molecule has 0 fully saturated rings. The van der Waals surface area contributed by atoms with Crippen LogP contribution < -0.4 is 5.73 Å². The fraction of sp³-hybridized carbons (Fsp3) is 1.00. The lowest BCUT2D eigenvalue weighted by Crippen LogP contribution is -2.25. The molecule has 0 aromatic carbocycles. The summed E-state index contributed by atoms with van der Waals surface area (Å²) in [5.41, 5.74) is 5.61. The summed E-state index contributed by atoms with van der Waals surface area (Å²) in [6.07, 6.45) is 15.8. The first-order valence-electron chi connectivity index (χ1n) is 8.82. The van der Waals surface area contributed by atoms with Crippen LogP contribution in [0.5, 0.6) is 0 Å². The largest absolute Gasteiger partial charge is 0.330 e. The van der Waals surface area contributed by atoms with Crippen LogP contribution in [0.25, 0.3) is 0 Å². The fourth-order valence-corrected chi connectivity index (χ4v) is 5.41. The van der Waals surface area contributed by atoms with E-state index >= 15 is 0 Å². The molecule has 0 saturated heterocycles. The quantitative estimate of drug-likeness (QED) is 0.309. The smallest absolute Gasteiger partial charge is 0.0474 e. The lowest BCUT2D eigenvalue weighted by atomic mass is 10.1. The topological polar surface area (TPSA) is 26.0 Å². The van der Waals surface area contributed by atoms with Crippen molar-refractivity contribution in [3.63, 3.8) is 0 Å². The maximum absolute atomic E-state index is 5.61. The van der Waals surface area contributed by atoms with Gasteiger partial charge in [-0.1, -0.05) is 96.3 Å². The van der Waals surface area contributed by atoms with Crippen molar-refractivity contribution >= 4 is 8.07 Å².